The fourth-order valence-electron chi connectivity index (χ4n) is 3.75. The van der Waals surface area contributed by atoms with Crippen molar-refractivity contribution in [3.8, 4) is 17.2 Å². The molecule has 0 aromatic heterocycles. The van der Waals surface area contributed by atoms with Crippen molar-refractivity contribution < 1.29 is 42.1 Å². The molecule has 11 heteroatoms. The lowest BCUT2D eigenvalue weighted by atomic mass is 9.98. The highest BCUT2D eigenvalue weighted by Crippen LogP contribution is 2.29. The molecule has 0 spiro atoms. The SMILES string of the molecule is COC(=O)CCc1cc(C(=O)c2ccc(OCC(C)C)cc2O)ccc1OCc1ccc(C(=O)NS(C)(=O)=O)cc1. The summed E-state index contributed by atoms with van der Waals surface area (Å²) in [5.74, 6) is -0.590. The van der Waals surface area contributed by atoms with Crippen molar-refractivity contribution >= 4 is 27.7 Å². The average Bonchev–Trinajstić information content (AvgIpc) is 2.92. The fourth-order valence-corrected chi connectivity index (χ4v) is 4.20. The number of benzene rings is 3. The van der Waals surface area contributed by atoms with Crippen LogP contribution in [-0.4, -0.2) is 51.2 Å². The third kappa shape index (κ3) is 9.35. The largest absolute Gasteiger partial charge is 0.507 e. The second-order valence-electron chi connectivity index (χ2n) is 9.80. The van der Waals surface area contributed by atoms with E-state index in [9.17, 15) is 27.9 Å². The Hall–Kier alpha value is -4.38. The molecule has 2 N–H and O–H groups in total. The van der Waals surface area contributed by atoms with Crippen LogP contribution in [0.3, 0.4) is 0 Å². The fraction of sp³-hybridized carbons (Fsp3) is 0.300. The number of aromatic hydroxyl groups is 1. The zero-order chi connectivity index (χ0) is 30.2. The Morgan fingerprint density at radius 2 is 1.61 bits per heavy atom. The van der Waals surface area contributed by atoms with Gasteiger partial charge in [-0.2, -0.15) is 0 Å². The molecule has 0 atom stereocenters. The van der Waals surface area contributed by atoms with E-state index in [1.54, 1.807) is 36.4 Å². The maximum absolute atomic E-state index is 13.3. The molecule has 10 nitrogen and oxygen atoms in total. The lowest BCUT2D eigenvalue weighted by molar-refractivity contribution is -0.140. The number of hydrogen-bond acceptors (Lipinski definition) is 9. The van der Waals surface area contributed by atoms with Crippen molar-refractivity contribution in [2.75, 3.05) is 20.0 Å². The first kappa shape index (κ1) is 31.2. The molecule has 218 valence electrons. The first-order valence-electron chi connectivity index (χ1n) is 12.8. The highest BCUT2D eigenvalue weighted by molar-refractivity contribution is 7.89. The van der Waals surface area contributed by atoms with E-state index < -0.39 is 27.7 Å². The lowest BCUT2D eigenvalue weighted by Crippen LogP contribution is -2.29. The Balaban J connectivity index is 1.79. The number of amides is 1. The van der Waals surface area contributed by atoms with E-state index in [0.29, 0.717) is 40.7 Å². The summed E-state index contributed by atoms with van der Waals surface area (Å²) < 4.78 is 40.8. The van der Waals surface area contributed by atoms with E-state index in [0.717, 1.165) is 6.26 Å². The molecule has 0 bridgehead atoms. The number of rotatable bonds is 13. The second kappa shape index (κ2) is 13.8. The van der Waals surface area contributed by atoms with Crippen molar-refractivity contribution in [3.05, 3.63) is 88.5 Å². The Labute approximate surface area is 239 Å². The number of phenols is 1. The molecule has 0 fully saturated rings. The zero-order valence-electron chi connectivity index (χ0n) is 23.3. The van der Waals surface area contributed by atoms with Gasteiger partial charge < -0.3 is 19.3 Å². The van der Waals surface area contributed by atoms with Gasteiger partial charge in [0.2, 0.25) is 10.0 Å². The van der Waals surface area contributed by atoms with Gasteiger partial charge in [0, 0.05) is 23.6 Å². The zero-order valence-corrected chi connectivity index (χ0v) is 24.1. The maximum Gasteiger partial charge on any atom is 0.305 e. The van der Waals surface area contributed by atoms with E-state index in [4.69, 9.17) is 14.2 Å². The van der Waals surface area contributed by atoms with Gasteiger partial charge in [-0.25, -0.2) is 13.1 Å². The summed E-state index contributed by atoms with van der Waals surface area (Å²) in [7, 11) is -2.40. The number of sulfonamides is 1. The molecule has 1 amide bonds. The number of ether oxygens (including phenoxy) is 3. The van der Waals surface area contributed by atoms with Crippen LogP contribution >= 0.6 is 0 Å². The van der Waals surface area contributed by atoms with Gasteiger partial charge in [0.15, 0.2) is 5.78 Å². The minimum atomic E-state index is -3.68. The average molecular weight is 584 g/mol. The topological polar surface area (TPSA) is 145 Å². The van der Waals surface area contributed by atoms with E-state index in [1.165, 1.54) is 31.4 Å². The van der Waals surface area contributed by atoms with Crippen LogP contribution < -0.4 is 14.2 Å². The molecule has 0 aliphatic carbocycles. The molecular weight excluding hydrogens is 550 g/mol. The highest BCUT2D eigenvalue weighted by atomic mass is 32.2. The summed E-state index contributed by atoms with van der Waals surface area (Å²) in [5, 5.41) is 10.5. The molecule has 0 aliphatic heterocycles. The normalized spacial score (nSPS) is 11.1. The number of esters is 1. The summed E-state index contributed by atoms with van der Waals surface area (Å²) in [6.07, 6.45) is 1.19. The molecule has 3 aromatic rings. The minimum Gasteiger partial charge on any atom is -0.507 e. The summed E-state index contributed by atoms with van der Waals surface area (Å²) >= 11 is 0. The van der Waals surface area contributed by atoms with Gasteiger partial charge in [-0.3, -0.25) is 14.4 Å². The molecule has 0 radical (unpaired) electrons. The molecule has 3 rings (SSSR count). The Bertz CT molecular complexity index is 1510. The van der Waals surface area contributed by atoms with Gasteiger partial charge in [0.25, 0.3) is 5.91 Å². The first-order chi connectivity index (χ1) is 19.4. The smallest absolute Gasteiger partial charge is 0.305 e. The predicted molar refractivity (Wildman–Crippen MR) is 152 cm³/mol. The highest BCUT2D eigenvalue weighted by Gasteiger charge is 2.18. The second-order valence-corrected chi connectivity index (χ2v) is 11.5. The number of ketones is 1. The standard InChI is InChI=1S/C30H33NO9S/c1-19(2)17-39-24-11-12-25(26(32)16-24)29(34)23-9-13-27(22(15-23)10-14-28(33)38-3)40-18-20-5-7-21(8-6-20)30(35)31-41(4,36)37/h5-9,11-13,15-16,19,32H,10,14,17-18H2,1-4H3,(H,31,35). The van der Waals surface area contributed by atoms with Crippen molar-refractivity contribution in [1.29, 1.82) is 0 Å². The molecule has 0 saturated heterocycles. The van der Waals surface area contributed by atoms with Gasteiger partial charge in [-0.05, 0) is 65.9 Å². The molecule has 0 unspecified atom stereocenters. The monoisotopic (exact) mass is 583 g/mol. The quantitative estimate of drug-likeness (QED) is 0.225. The van der Waals surface area contributed by atoms with Crippen molar-refractivity contribution in [3.63, 3.8) is 0 Å². The van der Waals surface area contributed by atoms with Gasteiger partial charge in [0.1, 0.15) is 23.9 Å². The number of hydrogen-bond donors (Lipinski definition) is 2. The number of phenolic OH excluding ortho intramolecular Hbond substituents is 1. The number of methoxy groups -OCH3 is 1. The van der Waals surface area contributed by atoms with Gasteiger partial charge in [-0.1, -0.05) is 26.0 Å². The van der Waals surface area contributed by atoms with Crippen molar-refractivity contribution in [2.45, 2.75) is 33.3 Å². The molecule has 41 heavy (non-hydrogen) atoms. The summed E-state index contributed by atoms with van der Waals surface area (Å²) in [6, 6.07) is 15.5. The lowest BCUT2D eigenvalue weighted by Gasteiger charge is -2.14. The van der Waals surface area contributed by atoms with E-state index in [-0.39, 0.29) is 36.3 Å². The maximum atomic E-state index is 13.3. The molecule has 3 aromatic carbocycles. The molecule has 0 aliphatic rings. The summed E-state index contributed by atoms with van der Waals surface area (Å²) in [5.41, 5.74) is 1.86. The molecule has 0 heterocycles. The third-order valence-electron chi connectivity index (χ3n) is 5.83. The third-order valence-corrected chi connectivity index (χ3v) is 6.39. The predicted octanol–water partition coefficient (Wildman–Crippen LogP) is 4.03. The number of carbonyl (C=O) groups is 3. The summed E-state index contributed by atoms with van der Waals surface area (Å²) in [4.78, 5) is 37.1. The summed E-state index contributed by atoms with van der Waals surface area (Å²) in [6.45, 7) is 4.58. The van der Waals surface area contributed by atoms with Gasteiger partial charge in [0.05, 0.1) is 25.5 Å². The molecular formula is C30H33NO9S. The minimum absolute atomic E-state index is 0.0573. The van der Waals surface area contributed by atoms with Crippen LogP contribution in [0.1, 0.15) is 57.7 Å². The van der Waals surface area contributed by atoms with Crippen LogP contribution in [-0.2, 0) is 32.6 Å². The Kier molecular flexibility index (Phi) is 10.5. The first-order valence-corrected chi connectivity index (χ1v) is 14.7. The number of carbonyl (C=O) groups excluding carboxylic acids is 3. The number of aryl methyl sites for hydroxylation is 1. The number of nitrogens with one attached hydrogen (secondary N) is 1. The van der Waals surface area contributed by atoms with Gasteiger partial charge >= 0.3 is 5.97 Å². The van der Waals surface area contributed by atoms with E-state index in [1.807, 2.05) is 18.6 Å². The van der Waals surface area contributed by atoms with Crippen molar-refractivity contribution in [1.82, 2.24) is 4.72 Å². The Morgan fingerprint density at radius 3 is 2.22 bits per heavy atom. The van der Waals surface area contributed by atoms with Crippen molar-refractivity contribution in [2.24, 2.45) is 5.92 Å². The van der Waals surface area contributed by atoms with E-state index >= 15 is 0 Å². The molecule has 0 saturated carbocycles. The van der Waals surface area contributed by atoms with Gasteiger partial charge in [-0.15, -0.1) is 0 Å². The van der Waals surface area contributed by atoms with E-state index in [2.05, 4.69) is 0 Å². The van der Waals surface area contributed by atoms with Crippen LogP contribution in [0, 0.1) is 5.92 Å². The Morgan fingerprint density at radius 1 is 0.927 bits per heavy atom. The van der Waals surface area contributed by atoms with Crippen LogP contribution in [0.2, 0.25) is 0 Å². The van der Waals surface area contributed by atoms with Crippen LogP contribution in [0.5, 0.6) is 17.2 Å². The van der Waals surface area contributed by atoms with Crippen LogP contribution in [0.25, 0.3) is 0 Å². The van der Waals surface area contributed by atoms with Crippen LogP contribution in [0.4, 0.5) is 0 Å². The van der Waals surface area contributed by atoms with Crippen LogP contribution in [0.15, 0.2) is 60.7 Å².